The maximum atomic E-state index is 13.4. The van der Waals surface area contributed by atoms with Gasteiger partial charge in [-0.3, -0.25) is 14.5 Å². The zero-order valence-electron chi connectivity index (χ0n) is 20.8. The first-order chi connectivity index (χ1) is 17.2. The van der Waals surface area contributed by atoms with Crippen LogP contribution < -0.4 is 10.1 Å². The van der Waals surface area contributed by atoms with Crippen LogP contribution in [0.1, 0.15) is 57.3 Å². The van der Waals surface area contributed by atoms with Crippen LogP contribution in [0, 0.1) is 5.92 Å². The van der Waals surface area contributed by atoms with Gasteiger partial charge in [-0.05, 0) is 52.5 Å². The van der Waals surface area contributed by atoms with Crippen LogP contribution in [0.3, 0.4) is 0 Å². The summed E-state index contributed by atoms with van der Waals surface area (Å²) in [7, 11) is -3.07. The van der Waals surface area contributed by atoms with Gasteiger partial charge >= 0.3 is 12.5 Å². The van der Waals surface area contributed by atoms with Crippen LogP contribution in [-0.2, 0) is 27.5 Å². The molecule has 1 aliphatic heterocycles. The Morgan fingerprint density at radius 2 is 1.92 bits per heavy atom. The quantitative estimate of drug-likeness (QED) is 0.528. The van der Waals surface area contributed by atoms with Crippen LogP contribution >= 0.6 is 0 Å². The van der Waals surface area contributed by atoms with E-state index in [9.17, 15) is 30.8 Å². The predicted octanol–water partition coefficient (Wildman–Crippen LogP) is 3.95. The monoisotopic (exact) mass is 546 g/mol. The third-order valence-electron chi connectivity index (χ3n) is 7.01. The number of fused-ring (bicyclic) bond motifs is 1. The van der Waals surface area contributed by atoms with E-state index in [0.29, 0.717) is 43.4 Å². The van der Waals surface area contributed by atoms with Gasteiger partial charge in [0.1, 0.15) is 15.6 Å². The molecule has 1 amide bonds. The smallest absolute Gasteiger partial charge is 0.427 e. The molecule has 37 heavy (non-hydrogen) atoms. The number of aromatic nitrogens is 3. The normalized spacial score (nSPS) is 21.1. The average molecular weight is 547 g/mol. The fourth-order valence-electron chi connectivity index (χ4n) is 4.84. The summed E-state index contributed by atoms with van der Waals surface area (Å²) in [5.74, 6) is -0.907. The molecule has 3 heterocycles. The van der Waals surface area contributed by atoms with Crippen LogP contribution in [0.2, 0.25) is 0 Å². The van der Waals surface area contributed by atoms with Crippen molar-refractivity contribution in [3.05, 3.63) is 29.7 Å². The first-order valence-corrected chi connectivity index (χ1v) is 13.9. The molecule has 0 saturated carbocycles. The minimum Gasteiger partial charge on any atom is -0.427 e. The Kier molecular flexibility index (Phi) is 7.30. The number of hydrogen-bond donors (Lipinski definition) is 1. The highest BCUT2D eigenvalue weighted by Crippen LogP contribution is 2.37. The lowest BCUT2D eigenvalue weighted by Gasteiger charge is -2.36. The van der Waals surface area contributed by atoms with Gasteiger partial charge in [0.25, 0.3) is 0 Å². The molecule has 0 bridgehead atoms. The molecule has 1 atom stereocenters. The number of nitrogens with one attached hydrogen (secondary N) is 1. The molecule has 1 fully saturated rings. The van der Waals surface area contributed by atoms with Gasteiger partial charge in [-0.25, -0.2) is 8.42 Å². The van der Waals surface area contributed by atoms with Gasteiger partial charge in [-0.15, -0.1) is 0 Å². The number of nitrogens with zero attached hydrogens (tertiary/aromatic N) is 3. The van der Waals surface area contributed by atoms with Gasteiger partial charge in [0.15, 0.2) is 0 Å². The fourth-order valence-corrected chi connectivity index (χ4v) is 6.57. The van der Waals surface area contributed by atoms with E-state index < -0.39 is 33.7 Å². The molecule has 2 aromatic heterocycles. The third kappa shape index (κ3) is 5.91. The van der Waals surface area contributed by atoms with E-state index in [-0.39, 0.29) is 29.4 Å². The van der Waals surface area contributed by atoms with E-state index in [2.05, 4.69) is 20.1 Å². The van der Waals surface area contributed by atoms with Crippen molar-refractivity contribution in [2.24, 2.45) is 5.92 Å². The number of alkyl halides is 4. The molecule has 8 nitrogen and oxygen atoms in total. The number of pyridine rings is 1. The second-order valence-electron chi connectivity index (χ2n) is 10.3. The van der Waals surface area contributed by atoms with E-state index in [1.807, 2.05) is 20.8 Å². The lowest BCUT2D eigenvalue weighted by Crippen LogP contribution is -2.53. The molecule has 4 rings (SSSR count). The Morgan fingerprint density at radius 1 is 1.24 bits per heavy atom. The minimum absolute atomic E-state index is 0.0438. The standard InChI is InChI=1S/C24H30F4N4O4S/c1-14(2)32-19-11-15(21(33)30-23(3)6-8-37(34,35)9-7-23)4-5-18(19)20(31-32)16-10-17(13-29-12-16)36-24(27,28)22(25)26/h10,12-15,22H,4-9,11H2,1-3H3,(H,30,33)/t15-/m1/s1. The molecule has 13 heteroatoms. The van der Waals surface area contributed by atoms with Gasteiger partial charge in [-0.1, -0.05) is 0 Å². The molecule has 204 valence electrons. The van der Waals surface area contributed by atoms with Crippen molar-refractivity contribution in [3.8, 4) is 17.0 Å². The molecular formula is C24H30F4N4O4S. The molecule has 0 radical (unpaired) electrons. The number of hydrogen-bond acceptors (Lipinski definition) is 6. The maximum absolute atomic E-state index is 13.4. The predicted molar refractivity (Wildman–Crippen MR) is 127 cm³/mol. The van der Waals surface area contributed by atoms with E-state index in [1.54, 1.807) is 4.68 Å². The molecule has 2 aromatic rings. The Bertz CT molecular complexity index is 1270. The summed E-state index contributed by atoms with van der Waals surface area (Å²) >= 11 is 0. The zero-order chi connectivity index (χ0) is 27.2. The van der Waals surface area contributed by atoms with E-state index >= 15 is 0 Å². The summed E-state index contributed by atoms with van der Waals surface area (Å²) in [6, 6.07) is 1.13. The first-order valence-electron chi connectivity index (χ1n) is 12.1. The minimum atomic E-state index is -4.66. The molecule has 1 saturated heterocycles. The van der Waals surface area contributed by atoms with Crippen molar-refractivity contribution in [3.63, 3.8) is 0 Å². The van der Waals surface area contributed by atoms with Gasteiger partial charge in [0.2, 0.25) is 5.91 Å². The van der Waals surface area contributed by atoms with Crippen LogP contribution in [0.15, 0.2) is 18.5 Å². The first kappa shape index (κ1) is 27.3. The Hall–Kier alpha value is -2.70. The van der Waals surface area contributed by atoms with Crippen molar-refractivity contribution in [2.75, 3.05) is 11.5 Å². The Labute approximate surface area is 212 Å². The topological polar surface area (TPSA) is 103 Å². The second-order valence-corrected chi connectivity index (χ2v) is 12.6. The number of sulfone groups is 1. The summed E-state index contributed by atoms with van der Waals surface area (Å²) < 4.78 is 81.5. The van der Waals surface area contributed by atoms with Gasteiger partial charge < -0.3 is 10.1 Å². The number of carbonyl (C=O) groups excluding carboxylic acids is 1. The number of carbonyl (C=O) groups is 1. The number of ether oxygens (including phenoxy) is 1. The maximum Gasteiger partial charge on any atom is 0.461 e. The zero-order valence-corrected chi connectivity index (χ0v) is 21.6. The highest BCUT2D eigenvalue weighted by molar-refractivity contribution is 7.91. The molecule has 1 aliphatic carbocycles. The molecule has 0 aromatic carbocycles. The van der Waals surface area contributed by atoms with Crippen molar-refractivity contribution in [1.82, 2.24) is 20.1 Å². The van der Waals surface area contributed by atoms with Crippen molar-refractivity contribution in [1.29, 1.82) is 0 Å². The second kappa shape index (κ2) is 9.88. The summed E-state index contributed by atoms with van der Waals surface area (Å²) in [4.78, 5) is 17.1. The fraction of sp³-hybridized carbons (Fsp3) is 0.625. The van der Waals surface area contributed by atoms with E-state index in [0.717, 1.165) is 17.5 Å². The molecule has 1 N–H and O–H groups in total. The van der Waals surface area contributed by atoms with E-state index in [1.165, 1.54) is 12.3 Å². The molecule has 0 unspecified atom stereocenters. The number of amides is 1. The number of rotatable bonds is 7. The Balaban J connectivity index is 1.57. The van der Waals surface area contributed by atoms with Crippen LogP contribution in [0.4, 0.5) is 17.6 Å². The Morgan fingerprint density at radius 3 is 2.54 bits per heavy atom. The van der Waals surface area contributed by atoms with Crippen LogP contribution in [0.25, 0.3) is 11.3 Å². The van der Waals surface area contributed by atoms with Gasteiger partial charge in [-0.2, -0.15) is 22.7 Å². The largest absolute Gasteiger partial charge is 0.461 e. The summed E-state index contributed by atoms with van der Waals surface area (Å²) in [6.45, 7) is 5.71. The van der Waals surface area contributed by atoms with Crippen molar-refractivity contribution < 1.29 is 35.5 Å². The van der Waals surface area contributed by atoms with Crippen molar-refractivity contribution >= 4 is 15.7 Å². The van der Waals surface area contributed by atoms with Crippen molar-refractivity contribution in [2.45, 2.75) is 77.0 Å². The lowest BCUT2D eigenvalue weighted by molar-refractivity contribution is -0.253. The summed E-state index contributed by atoms with van der Waals surface area (Å²) in [6.07, 6.45) is -4.19. The van der Waals surface area contributed by atoms with Crippen LogP contribution in [-0.4, -0.2) is 58.7 Å². The third-order valence-corrected chi connectivity index (χ3v) is 8.66. The van der Waals surface area contributed by atoms with Gasteiger partial charge in [0.05, 0.1) is 23.4 Å². The number of halogens is 4. The highest BCUT2D eigenvalue weighted by Gasteiger charge is 2.44. The molecular weight excluding hydrogens is 516 g/mol. The van der Waals surface area contributed by atoms with Crippen LogP contribution in [0.5, 0.6) is 5.75 Å². The summed E-state index contributed by atoms with van der Waals surface area (Å²) in [5, 5.41) is 7.73. The van der Waals surface area contributed by atoms with Gasteiger partial charge in [0, 0.05) is 46.9 Å². The van der Waals surface area contributed by atoms with E-state index in [4.69, 9.17) is 0 Å². The molecule has 2 aliphatic rings. The lowest BCUT2D eigenvalue weighted by atomic mass is 9.84. The molecule has 0 spiro atoms. The summed E-state index contributed by atoms with van der Waals surface area (Å²) in [5.41, 5.74) is 1.91. The highest BCUT2D eigenvalue weighted by atomic mass is 32.2. The SMILES string of the molecule is CC(C)n1nc(-c2cncc(OC(F)(F)C(F)F)c2)c2c1C[C@H](C(=O)NC1(C)CCS(=O)(=O)CC1)CC2. The average Bonchev–Trinajstić information content (AvgIpc) is 3.20.